The molecule has 1 aromatic rings. The van der Waals surface area contributed by atoms with Gasteiger partial charge in [0.15, 0.2) is 0 Å². The highest BCUT2D eigenvalue weighted by Gasteiger charge is 2.47. The average Bonchev–Trinajstić information content (AvgIpc) is 2.90. The van der Waals surface area contributed by atoms with E-state index in [9.17, 15) is 21.6 Å². The molecule has 3 unspecified atom stereocenters. The zero-order valence-electron chi connectivity index (χ0n) is 14.2. The number of hydrogen-bond acceptors (Lipinski definition) is 6. The minimum atomic E-state index is -3.80. The minimum absolute atomic E-state index is 0.0320. The van der Waals surface area contributed by atoms with Crippen molar-refractivity contribution >= 4 is 26.0 Å². The average molecular weight is 402 g/mol. The molecule has 0 spiro atoms. The van der Waals surface area contributed by atoms with Crippen molar-refractivity contribution in [1.29, 1.82) is 0 Å². The Balaban J connectivity index is 1.74. The fraction of sp³-hybridized carbons (Fsp3) is 0.533. The number of carbonyl (C=O) groups is 1. The van der Waals surface area contributed by atoms with Crippen molar-refractivity contribution < 1.29 is 21.6 Å². The normalized spacial score (nSPS) is 27.7. The molecule has 1 aromatic carbocycles. The van der Waals surface area contributed by atoms with Gasteiger partial charge in [-0.25, -0.2) is 27.0 Å². The number of amides is 1. The Hall–Kier alpha value is -1.53. The van der Waals surface area contributed by atoms with Crippen molar-refractivity contribution in [1.82, 2.24) is 20.3 Å². The highest BCUT2D eigenvalue weighted by atomic mass is 32.2. The van der Waals surface area contributed by atoms with Crippen molar-refractivity contribution in [2.45, 2.75) is 42.0 Å². The molecule has 1 heterocycles. The van der Waals surface area contributed by atoms with Gasteiger partial charge in [-0.05, 0) is 32.0 Å². The topological polar surface area (TPSA) is 133 Å². The van der Waals surface area contributed by atoms with E-state index >= 15 is 0 Å². The van der Waals surface area contributed by atoms with Crippen LogP contribution in [0, 0.1) is 5.92 Å². The van der Waals surface area contributed by atoms with Crippen molar-refractivity contribution in [3.8, 4) is 0 Å². The molecule has 2 fully saturated rings. The third-order valence-electron chi connectivity index (χ3n) is 4.90. The number of rotatable bonds is 5. The van der Waals surface area contributed by atoms with Crippen LogP contribution in [0.15, 0.2) is 29.2 Å². The van der Waals surface area contributed by atoms with Crippen molar-refractivity contribution in [3.63, 3.8) is 0 Å². The van der Waals surface area contributed by atoms with Gasteiger partial charge in [0, 0.05) is 5.92 Å². The van der Waals surface area contributed by atoms with E-state index < -0.39 is 37.4 Å². The molecule has 0 bridgehead atoms. The molecular weight excluding hydrogens is 380 g/mol. The zero-order chi connectivity index (χ0) is 18.9. The lowest BCUT2D eigenvalue weighted by molar-refractivity contribution is 0.0910. The Morgan fingerprint density at radius 2 is 1.88 bits per heavy atom. The van der Waals surface area contributed by atoms with Crippen molar-refractivity contribution in [2.75, 3.05) is 7.05 Å². The molecule has 1 saturated carbocycles. The lowest BCUT2D eigenvalue weighted by Crippen LogP contribution is -2.52. The molecule has 144 valence electrons. The van der Waals surface area contributed by atoms with Crippen LogP contribution in [-0.2, 0) is 20.0 Å². The summed E-state index contributed by atoms with van der Waals surface area (Å²) in [6, 6.07) is 5.80. The van der Waals surface area contributed by atoms with Crippen LogP contribution < -0.4 is 20.3 Å². The Kier molecular flexibility index (Phi) is 5.35. The second kappa shape index (κ2) is 7.24. The predicted molar refractivity (Wildman–Crippen MR) is 94.9 cm³/mol. The smallest absolute Gasteiger partial charge is 0.266 e. The summed E-state index contributed by atoms with van der Waals surface area (Å²) in [7, 11) is -5.95. The second-order valence-electron chi connectivity index (χ2n) is 6.43. The van der Waals surface area contributed by atoms with Crippen LogP contribution in [0.1, 0.15) is 36.0 Å². The van der Waals surface area contributed by atoms with Crippen LogP contribution in [0.3, 0.4) is 0 Å². The lowest BCUT2D eigenvalue weighted by Gasteiger charge is -2.26. The summed E-state index contributed by atoms with van der Waals surface area (Å²) in [5.41, 5.74) is 5.13. The summed E-state index contributed by atoms with van der Waals surface area (Å²) in [6.45, 7) is 0. The van der Waals surface area contributed by atoms with Crippen LogP contribution in [0.4, 0.5) is 0 Å². The van der Waals surface area contributed by atoms with Gasteiger partial charge >= 0.3 is 0 Å². The van der Waals surface area contributed by atoms with Gasteiger partial charge < -0.3 is 0 Å². The first-order valence-electron chi connectivity index (χ1n) is 8.36. The third kappa shape index (κ3) is 3.62. The molecule has 3 atom stereocenters. The van der Waals surface area contributed by atoms with E-state index in [1.807, 2.05) is 0 Å². The van der Waals surface area contributed by atoms with E-state index in [2.05, 4.69) is 20.3 Å². The SMILES string of the molecule is CNS(=O)(=O)c1ccccc1C(=O)NNC1NS(=O)(=O)C2CCCCC12. The number of benzene rings is 1. The minimum Gasteiger partial charge on any atom is -0.286 e. The first-order valence-corrected chi connectivity index (χ1v) is 11.4. The molecule has 0 radical (unpaired) electrons. The van der Waals surface area contributed by atoms with Gasteiger partial charge in [-0.1, -0.05) is 25.0 Å². The highest BCUT2D eigenvalue weighted by molar-refractivity contribution is 7.90. The lowest BCUT2D eigenvalue weighted by atomic mass is 9.87. The van der Waals surface area contributed by atoms with Gasteiger partial charge in [-0.2, -0.15) is 4.72 Å². The van der Waals surface area contributed by atoms with Gasteiger partial charge in [-0.15, -0.1) is 0 Å². The number of hydrogen-bond donors (Lipinski definition) is 4. The van der Waals surface area contributed by atoms with Crippen LogP contribution in [0.25, 0.3) is 0 Å². The quantitative estimate of drug-likeness (QED) is 0.498. The van der Waals surface area contributed by atoms with Gasteiger partial charge in [0.25, 0.3) is 5.91 Å². The number of nitrogens with one attached hydrogen (secondary N) is 4. The first-order chi connectivity index (χ1) is 12.3. The van der Waals surface area contributed by atoms with E-state index in [1.54, 1.807) is 6.07 Å². The molecule has 9 nitrogen and oxygen atoms in total. The fourth-order valence-electron chi connectivity index (χ4n) is 3.59. The summed E-state index contributed by atoms with van der Waals surface area (Å²) in [5.74, 6) is -0.789. The van der Waals surface area contributed by atoms with Gasteiger partial charge in [0.2, 0.25) is 20.0 Å². The Morgan fingerprint density at radius 1 is 1.19 bits per heavy atom. The summed E-state index contributed by atoms with van der Waals surface area (Å²) in [6.07, 6.45) is 2.55. The highest BCUT2D eigenvalue weighted by Crippen LogP contribution is 2.35. The fourth-order valence-corrected chi connectivity index (χ4v) is 6.51. The molecule has 1 aliphatic heterocycles. The standard InChI is InChI=1S/C15H22N4O5S2/c1-16-25(21,22)13-9-5-3-7-11(13)15(20)18-17-14-10-6-2-4-8-12(10)26(23,24)19-14/h3,5,7,9-10,12,14,16-17,19H,2,4,6,8H2,1H3,(H,18,20). The monoisotopic (exact) mass is 402 g/mol. The van der Waals surface area contributed by atoms with Crippen LogP contribution in [0.2, 0.25) is 0 Å². The van der Waals surface area contributed by atoms with Crippen LogP contribution >= 0.6 is 0 Å². The van der Waals surface area contributed by atoms with E-state index in [4.69, 9.17) is 0 Å². The molecule has 1 saturated heterocycles. The molecular formula is C15H22N4O5S2. The van der Waals surface area contributed by atoms with Crippen LogP contribution in [0.5, 0.6) is 0 Å². The van der Waals surface area contributed by atoms with E-state index in [0.717, 1.165) is 19.3 Å². The number of sulfonamides is 2. The maximum atomic E-state index is 12.5. The van der Waals surface area contributed by atoms with E-state index in [1.165, 1.54) is 25.2 Å². The maximum absolute atomic E-state index is 12.5. The first kappa shape index (κ1) is 19.2. The molecule has 2 aliphatic rings. The predicted octanol–water partition coefficient (Wildman–Crippen LogP) is -0.353. The molecule has 11 heteroatoms. The molecule has 4 N–H and O–H groups in total. The molecule has 0 aromatic heterocycles. The molecule has 3 rings (SSSR count). The van der Waals surface area contributed by atoms with E-state index in [0.29, 0.717) is 6.42 Å². The summed E-state index contributed by atoms with van der Waals surface area (Å²) in [5, 5.41) is -0.456. The largest absolute Gasteiger partial charge is 0.286 e. The Morgan fingerprint density at radius 3 is 2.62 bits per heavy atom. The Labute approximate surface area is 153 Å². The van der Waals surface area contributed by atoms with E-state index in [-0.39, 0.29) is 16.4 Å². The second-order valence-corrected chi connectivity index (χ2v) is 10.2. The van der Waals surface area contributed by atoms with Gasteiger partial charge in [0.1, 0.15) is 0 Å². The van der Waals surface area contributed by atoms with Crippen molar-refractivity contribution in [3.05, 3.63) is 29.8 Å². The summed E-state index contributed by atoms with van der Waals surface area (Å²) < 4.78 is 53.2. The summed E-state index contributed by atoms with van der Waals surface area (Å²) >= 11 is 0. The van der Waals surface area contributed by atoms with Gasteiger partial charge in [0.05, 0.1) is 21.9 Å². The van der Waals surface area contributed by atoms with Crippen molar-refractivity contribution in [2.24, 2.45) is 5.92 Å². The number of hydrazine groups is 1. The third-order valence-corrected chi connectivity index (χ3v) is 8.34. The number of carbonyl (C=O) groups excluding carboxylic acids is 1. The van der Waals surface area contributed by atoms with Gasteiger partial charge in [-0.3, -0.25) is 10.2 Å². The zero-order valence-corrected chi connectivity index (χ0v) is 15.9. The molecule has 1 amide bonds. The maximum Gasteiger partial charge on any atom is 0.266 e. The Bertz CT molecular complexity index is 900. The number of fused-ring (bicyclic) bond motifs is 1. The summed E-state index contributed by atoms with van der Waals surface area (Å²) in [4.78, 5) is 12.3. The molecule has 26 heavy (non-hydrogen) atoms. The molecule has 1 aliphatic carbocycles. The van der Waals surface area contributed by atoms with Crippen LogP contribution in [-0.4, -0.2) is 41.2 Å².